The molecule has 0 radical (unpaired) electrons. The largest absolute Gasteiger partial charge is 0.507 e. The lowest BCUT2D eigenvalue weighted by Gasteiger charge is -2.25. The highest BCUT2D eigenvalue weighted by atomic mass is 19.1. The van der Waals surface area contributed by atoms with Crippen LogP contribution in [-0.4, -0.2) is 24.9 Å². The smallest absolute Gasteiger partial charge is 0.134 e. The third-order valence-corrected chi connectivity index (χ3v) is 2.62. The first-order valence-corrected chi connectivity index (χ1v) is 4.99. The van der Waals surface area contributed by atoms with Gasteiger partial charge in [-0.2, -0.15) is 0 Å². The summed E-state index contributed by atoms with van der Waals surface area (Å²) in [5, 5.41) is 12.8. The maximum atomic E-state index is 13.8. The summed E-state index contributed by atoms with van der Waals surface area (Å²) in [7, 11) is 0. The van der Waals surface area contributed by atoms with Crippen LogP contribution in [0.5, 0.6) is 5.75 Å². The van der Waals surface area contributed by atoms with Crippen LogP contribution in [-0.2, 0) is 4.74 Å². The van der Waals surface area contributed by atoms with Gasteiger partial charge in [0.25, 0.3) is 0 Å². The van der Waals surface area contributed by atoms with Crippen LogP contribution in [0.25, 0.3) is 0 Å². The van der Waals surface area contributed by atoms with Crippen LogP contribution in [0.3, 0.4) is 0 Å². The number of rotatable bonds is 1. The first-order valence-electron chi connectivity index (χ1n) is 4.99. The molecular formula is C11H14FNO2. The summed E-state index contributed by atoms with van der Waals surface area (Å²) in [6.07, 6.45) is 0. The second-order valence-electron chi connectivity index (χ2n) is 3.71. The van der Waals surface area contributed by atoms with E-state index in [0.29, 0.717) is 30.9 Å². The van der Waals surface area contributed by atoms with Gasteiger partial charge in [0.1, 0.15) is 11.6 Å². The minimum Gasteiger partial charge on any atom is -0.507 e. The van der Waals surface area contributed by atoms with Gasteiger partial charge in [-0.05, 0) is 18.6 Å². The van der Waals surface area contributed by atoms with Gasteiger partial charge in [-0.3, -0.25) is 0 Å². The van der Waals surface area contributed by atoms with Crippen molar-refractivity contribution in [2.24, 2.45) is 0 Å². The number of hydrogen-bond acceptors (Lipinski definition) is 3. The number of halogens is 1. The maximum Gasteiger partial charge on any atom is 0.134 e. The molecule has 2 rings (SSSR count). The van der Waals surface area contributed by atoms with Gasteiger partial charge in [0.2, 0.25) is 0 Å². The lowest BCUT2D eigenvalue weighted by atomic mass is 10.0. The van der Waals surface area contributed by atoms with Crippen LogP contribution in [0.1, 0.15) is 17.2 Å². The van der Waals surface area contributed by atoms with E-state index in [1.807, 2.05) is 0 Å². The van der Waals surface area contributed by atoms with Crippen molar-refractivity contribution >= 4 is 0 Å². The average molecular weight is 211 g/mol. The minimum absolute atomic E-state index is 0.0129. The SMILES string of the molecule is Cc1ccc(O)c(C2COCCN2)c1F. The molecule has 1 aromatic rings. The van der Waals surface area contributed by atoms with Crippen molar-refractivity contribution in [2.75, 3.05) is 19.8 Å². The van der Waals surface area contributed by atoms with Crippen molar-refractivity contribution in [1.29, 1.82) is 0 Å². The zero-order chi connectivity index (χ0) is 10.8. The Balaban J connectivity index is 2.36. The van der Waals surface area contributed by atoms with Gasteiger partial charge in [0, 0.05) is 12.1 Å². The Morgan fingerprint density at radius 2 is 2.33 bits per heavy atom. The molecule has 1 saturated heterocycles. The van der Waals surface area contributed by atoms with E-state index in [4.69, 9.17) is 4.74 Å². The summed E-state index contributed by atoms with van der Waals surface area (Å²) in [5.41, 5.74) is 0.852. The summed E-state index contributed by atoms with van der Waals surface area (Å²) < 4.78 is 19.0. The fraction of sp³-hybridized carbons (Fsp3) is 0.455. The van der Waals surface area contributed by atoms with Gasteiger partial charge in [-0.25, -0.2) is 4.39 Å². The van der Waals surface area contributed by atoms with E-state index in [1.54, 1.807) is 13.0 Å². The number of benzene rings is 1. The molecule has 15 heavy (non-hydrogen) atoms. The fourth-order valence-electron chi connectivity index (χ4n) is 1.77. The molecule has 3 nitrogen and oxygen atoms in total. The second-order valence-corrected chi connectivity index (χ2v) is 3.71. The molecule has 82 valence electrons. The van der Waals surface area contributed by atoms with Gasteiger partial charge < -0.3 is 15.2 Å². The average Bonchev–Trinajstić information content (AvgIpc) is 2.26. The van der Waals surface area contributed by atoms with Crippen LogP contribution in [0.2, 0.25) is 0 Å². The topological polar surface area (TPSA) is 41.5 Å². The highest BCUT2D eigenvalue weighted by molar-refractivity contribution is 5.39. The fourth-order valence-corrected chi connectivity index (χ4v) is 1.77. The van der Waals surface area contributed by atoms with Crippen molar-refractivity contribution in [3.05, 3.63) is 29.1 Å². The Kier molecular flexibility index (Phi) is 2.88. The molecule has 2 N–H and O–H groups in total. The summed E-state index contributed by atoms with van der Waals surface area (Å²) >= 11 is 0. The minimum atomic E-state index is -0.349. The van der Waals surface area contributed by atoms with E-state index in [-0.39, 0.29) is 17.6 Å². The van der Waals surface area contributed by atoms with Gasteiger partial charge in [0.05, 0.1) is 19.3 Å². The summed E-state index contributed by atoms with van der Waals surface area (Å²) in [4.78, 5) is 0. The Morgan fingerprint density at radius 3 is 3.00 bits per heavy atom. The van der Waals surface area contributed by atoms with Gasteiger partial charge >= 0.3 is 0 Å². The molecule has 1 heterocycles. The highest BCUT2D eigenvalue weighted by Gasteiger charge is 2.23. The number of nitrogens with one attached hydrogen (secondary N) is 1. The summed E-state index contributed by atoms with van der Waals surface area (Å²) in [5.74, 6) is -0.362. The zero-order valence-electron chi connectivity index (χ0n) is 8.59. The molecule has 0 bridgehead atoms. The molecule has 1 fully saturated rings. The lowest BCUT2D eigenvalue weighted by molar-refractivity contribution is 0.0748. The molecule has 1 aliphatic rings. The Morgan fingerprint density at radius 1 is 1.53 bits per heavy atom. The van der Waals surface area contributed by atoms with E-state index in [0.717, 1.165) is 0 Å². The molecular weight excluding hydrogens is 197 g/mol. The van der Waals surface area contributed by atoms with Gasteiger partial charge in [0.15, 0.2) is 0 Å². The molecule has 1 aromatic carbocycles. The number of phenolic OH excluding ortho intramolecular Hbond substituents is 1. The third-order valence-electron chi connectivity index (χ3n) is 2.62. The molecule has 0 aromatic heterocycles. The van der Waals surface area contributed by atoms with Crippen molar-refractivity contribution in [2.45, 2.75) is 13.0 Å². The lowest BCUT2D eigenvalue weighted by Crippen LogP contribution is -2.35. The molecule has 0 saturated carbocycles. The van der Waals surface area contributed by atoms with E-state index < -0.39 is 0 Å². The number of morpholine rings is 1. The molecule has 1 atom stereocenters. The predicted molar refractivity (Wildman–Crippen MR) is 54.4 cm³/mol. The van der Waals surface area contributed by atoms with Crippen LogP contribution >= 0.6 is 0 Å². The van der Waals surface area contributed by atoms with Gasteiger partial charge in [-0.15, -0.1) is 0 Å². The summed E-state index contributed by atoms with van der Waals surface area (Å²) in [6, 6.07) is 2.83. The van der Waals surface area contributed by atoms with E-state index in [1.165, 1.54) is 6.07 Å². The molecule has 1 aliphatic heterocycles. The third kappa shape index (κ3) is 1.96. The molecule has 4 heteroatoms. The maximum absolute atomic E-state index is 13.8. The van der Waals surface area contributed by atoms with E-state index in [2.05, 4.69) is 5.32 Å². The molecule has 1 unspecified atom stereocenters. The van der Waals surface area contributed by atoms with E-state index in [9.17, 15) is 9.50 Å². The molecule has 0 spiro atoms. The standard InChI is InChI=1S/C11H14FNO2/c1-7-2-3-9(14)10(11(7)12)8-6-15-5-4-13-8/h2-3,8,13-14H,4-6H2,1H3. The van der Waals surface area contributed by atoms with Crippen molar-refractivity contribution in [3.63, 3.8) is 0 Å². The van der Waals surface area contributed by atoms with Crippen molar-refractivity contribution < 1.29 is 14.2 Å². The number of aryl methyl sites for hydroxylation is 1. The molecule has 0 amide bonds. The Labute approximate surface area is 87.9 Å². The Bertz CT molecular complexity index is 362. The number of phenols is 1. The van der Waals surface area contributed by atoms with Crippen molar-refractivity contribution in [1.82, 2.24) is 5.32 Å². The molecule has 0 aliphatic carbocycles. The van der Waals surface area contributed by atoms with Crippen LogP contribution < -0.4 is 5.32 Å². The van der Waals surface area contributed by atoms with Crippen molar-refractivity contribution in [3.8, 4) is 5.75 Å². The number of hydrogen-bond donors (Lipinski definition) is 2. The first-order chi connectivity index (χ1) is 7.20. The second kappa shape index (κ2) is 4.16. The Hall–Kier alpha value is -1.13. The van der Waals surface area contributed by atoms with Crippen LogP contribution in [0.15, 0.2) is 12.1 Å². The first kappa shape index (κ1) is 10.4. The van der Waals surface area contributed by atoms with E-state index >= 15 is 0 Å². The van der Waals surface area contributed by atoms with Crippen LogP contribution in [0, 0.1) is 12.7 Å². The predicted octanol–water partition coefficient (Wildman–Crippen LogP) is 1.50. The number of aromatic hydroxyl groups is 1. The highest BCUT2D eigenvalue weighted by Crippen LogP contribution is 2.29. The van der Waals surface area contributed by atoms with Gasteiger partial charge in [-0.1, -0.05) is 6.07 Å². The normalized spacial score (nSPS) is 21.6. The monoisotopic (exact) mass is 211 g/mol. The number of ether oxygens (including phenoxy) is 1. The van der Waals surface area contributed by atoms with Crippen LogP contribution in [0.4, 0.5) is 4.39 Å². The quantitative estimate of drug-likeness (QED) is 0.739. The zero-order valence-corrected chi connectivity index (χ0v) is 8.59. The summed E-state index contributed by atoms with van der Waals surface area (Å²) in [6.45, 7) is 3.39.